The van der Waals surface area contributed by atoms with E-state index in [0.29, 0.717) is 0 Å². The zero-order valence-corrected chi connectivity index (χ0v) is 18.4. The predicted octanol–water partition coefficient (Wildman–Crippen LogP) is 5.88. The Hall–Kier alpha value is -1.40. The molecule has 4 nitrogen and oxygen atoms in total. The number of hydrogen-bond donors (Lipinski definition) is 0. The van der Waals surface area contributed by atoms with E-state index >= 15 is 0 Å². The van der Waals surface area contributed by atoms with Gasteiger partial charge in [0.05, 0.1) is 0 Å². The van der Waals surface area contributed by atoms with Crippen molar-refractivity contribution in [2.45, 2.75) is 32.2 Å². The summed E-state index contributed by atoms with van der Waals surface area (Å²) in [5, 5.41) is 1.08. The maximum Gasteiger partial charge on any atom is 0.160 e. The van der Waals surface area contributed by atoms with Crippen LogP contribution in [-0.4, -0.2) is 34.0 Å². The van der Waals surface area contributed by atoms with E-state index in [1.807, 2.05) is 12.3 Å². The number of hydrogen-bond acceptors (Lipinski definition) is 3. The summed E-state index contributed by atoms with van der Waals surface area (Å²) >= 11 is 7.01. The molecule has 0 radical (unpaired) electrons. The van der Waals surface area contributed by atoms with Crippen LogP contribution >= 0.6 is 31.9 Å². The minimum atomic E-state index is 0.937. The van der Waals surface area contributed by atoms with Crippen molar-refractivity contribution >= 4 is 48.7 Å². The summed E-state index contributed by atoms with van der Waals surface area (Å²) in [6.45, 7) is 0.943. The molecule has 26 heavy (non-hydrogen) atoms. The van der Waals surface area contributed by atoms with Crippen LogP contribution in [0.1, 0.15) is 25.7 Å². The van der Waals surface area contributed by atoms with E-state index in [4.69, 9.17) is 4.98 Å². The first-order valence-corrected chi connectivity index (χ1v) is 10.9. The number of anilines is 1. The van der Waals surface area contributed by atoms with Crippen molar-refractivity contribution in [2.75, 3.05) is 24.3 Å². The fraction of sp³-hybridized carbons (Fsp3) is 0.400. The second kappa shape index (κ2) is 9.00. The van der Waals surface area contributed by atoms with E-state index < -0.39 is 0 Å². The lowest BCUT2D eigenvalue weighted by molar-refractivity contribution is 0.594. The van der Waals surface area contributed by atoms with Crippen molar-refractivity contribution in [3.63, 3.8) is 0 Å². The Balaban J connectivity index is 1.93. The summed E-state index contributed by atoms with van der Waals surface area (Å²) in [6, 6.07) is 10.6. The summed E-state index contributed by atoms with van der Waals surface area (Å²) in [4.78, 5) is 11.6. The van der Waals surface area contributed by atoms with Crippen LogP contribution in [-0.2, 0) is 6.54 Å². The minimum Gasteiger partial charge on any atom is -0.378 e. The molecular weight excluding hydrogens is 456 g/mol. The summed E-state index contributed by atoms with van der Waals surface area (Å²) in [5.74, 6) is 0.997. The van der Waals surface area contributed by atoms with Gasteiger partial charge in [0.25, 0.3) is 0 Å². The molecule has 0 unspecified atom stereocenters. The zero-order valence-electron chi connectivity index (χ0n) is 15.3. The third kappa shape index (κ3) is 4.46. The van der Waals surface area contributed by atoms with E-state index in [0.717, 1.165) is 45.3 Å². The molecule has 0 aliphatic heterocycles. The predicted molar refractivity (Wildman–Crippen MR) is 117 cm³/mol. The molecule has 0 spiro atoms. The van der Waals surface area contributed by atoms with Gasteiger partial charge in [-0.1, -0.05) is 28.8 Å². The van der Waals surface area contributed by atoms with Crippen LogP contribution in [0.2, 0.25) is 0 Å². The van der Waals surface area contributed by atoms with Gasteiger partial charge < -0.3 is 9.47 Å². The standard InChI is InChI=1S/C20H24Br2N4/c1-25(2)17-9-7-15(8-10-17)19-24-18-13-16(22)14-23-20(18)26(19)12-6-4-3-5-11-21/h7-10,13-14H,3-6,11-12H2,1-2H3. The molecular formula is C20H24Br2N4. The fourth-order valence-corrected chi connectivity index (χ4v) is 3.76. The molecule has 0 fully saturated rings. The maximum absolute atomic E-state index is 4.88. The first kappa shape index (κ1) is 19.4. The Morgan fingerprint density at radius 1 is 1.04 bits per heavy atom. The van der Waals surface area contributed by atoms with Crippen molar-refractivity contribution in [1.82, 2.24) is 14.5 Å². The number of benzene rings is 1. The molecule has 2 heterocycles. The highest BCUT2D eigenvalue weighted by Gasteiger charge is 2.14. The van der Waals surface area contributed by atoms with Crippen LogP contribution < -0.4 is 4.90 Å². The second-order valence-electron chi connectivity index (χ2n) is 6.63. The van der Waals surface area contributed by atoms with Crippen LogP contribution in [0.5, 0.6) is 0 Å². The number of halogens is 2. The number of imidazole rings is 1. The monoisotopic (exact) mass is 478 g/mol. The molecule has 6 heteroatoms. The molecule has 0 amide bonds. The van der Waals surface area contributed by atoms with Crippen molar-refractivity contribution in [1.29, 1.82) is 0 Å². The van der Waals surface area contributed by atoms with Crippen LogP contribution in [0, 0.1) is 0 Å². The molecule has 3 rings (SSSR count). The SMILES string of the molecule is CN(C)c1ccc(-c2nc3cc(Br)cnc3n2CCCCCCBr)cc1. The number of aryl methyl sites for hydroxylation is 1. The van der Waals surface area contributed by atoms with Crippen LogP contribution in [0.3, 0.4) is 0 Å². The lowest BCUT2D eigenvalue weighted by atomic mass is 10.1. The molecule has 0 saturated heterocycles. The number of rotatable bonds is 8. The van der Waals surface area contributed by atoms with E-state index in [1.165, 1.54) is 24.9 Å². The van der Waals surface area contributed by atoms with E-state index in [9.17, 15) is 0 Å². The topological polar surface area (TPSA) is 34.0 Å². The molecule has 0 saturated carbocycles. The molecule has 2 aromatic heterocycles. The Labute approximate surface area is 171 Å². The Bertz CT molecular complexity index is 856. The van der Waals surface area contributed by atoms with Crippen molar-refractivity contribution in [3.05, 3.63) is 41.0 Å². The van der Waals surface area contributed by atoms with Crippen LogP contribution in [0.15, 0.2) is 41.0 Å². The highest BCUT2D eigenvalue weighted by molar-refractivity contribution is 9.10. The average Bonchev–Trinajstić information content (AvgIpc) is 2.99. The van der Waals surface area contributed by atoms with Crippen molar-refractivity contribution in [2.24, 2.45) is 0 Å². The Morgan fingerprint density at radius 2 is 1.77 bits per heavy atom. The zero-order chi connectivity index (χ0) is 18.5. The van der Waals surface area contributed by atoms with Gasteiger partial charge in [-0.3, -0.25) is 0 Å². The van der Waals surface area contributed by atoms with E-state index in [2.05, 4.69) is 84.7 Å². The first-order chi connectivity index (χ1) is 12.6. The molecule has 0 aliphatic carbocycles. The molecule has 0 N–H and O–H groups in total. The Morgan fingerprint density at radius 3 is 2.46 bits per heavy atom. The smallest absolute Gasteiger partial charge is 0.160 e. The van der Waals surface area contributed by atoms with E-state index in [-0.39, 0.29) is 0 Å². The lowest BCUT2D eigenvalue weighted by Crippen LogP contribution is -2.08. The van der Waals surface area contributed by atoms with Crippen LogP contribution in [0.4, 0.5) is 5.69 Å². The Kier molecular flexibility index (Phi) is 6.70. The summed E-state index contributed by atoms with van der Waals surface area (Å²) < 4.78 is 3.22. The number of unbranched alkanes of at least 4 members (excludes halogenated alkanes) is 3. The van der Waals surface area contributed by atoms with Gasteiger partial charge in [0.15, 0.2) is 5.65 Å². The van der Waals surface area contributed by atoms with Gasteiger partial charge in [-0.25, -0.2) is 9.97 Å². The molecule has 1 aromatic carbocycles. The van der Waals surface area contributed by atoms with Gasteiger partial charge >= 0.3 is 0 Å². The van der Waals surface area contributed by atoms with Gasteiger partial charge in [0.1, 0.15) is 11.3 Å². The number of fused-ring (bicyclic) bond motifs is 1. The molecule has 138 valence electrons. The van der Waals surface area contributed by atoms with Gasteiger partial charge in [0.2, 0.25) is 0 Å². The summed E-state index contributed by atoms with van der Waals surface area (Å²) in [6.07, 6.45) is 6.70. The van der Waals surface area contributed by atoms with Gasteiger partial charge in [-0.15, -0.1) is 0 Å². The minimum absolute atomic E-state index is 0.937. The molecule has 0 bridgehead atoms. The average molecular weight is 480 g/mol. The quantitative estimate of drug-likeness (QED) is 0.298. The normalized spacial score (nSPS) is 11.2. The van der Waals surface area contributed by atoms with Crippen LogP contribution in [0.25, 0.3) is 22.6 Å². The van der Waals surface area contributed by atoms with Gasteiger partial charge in [0, 0.05) is 47.9 Å². The summed E-state index contributed by atoms with van der Waals surface area (Å²) in [7, 11) is 4.11. The van der Waals surface area contributed by atoms with E-state index in [1.54, 1.807) is 0 Å². The van der Waals surface area contributed by atoms with Crippen molar-refractivity contribution < 1.29 is 0 Å². The molecule has 0 aliphatic rings. The maximum atomic E-state index is 4.88. The third-order valence-corrected chi connectivity index (χ3v) is 5.45. The fourth-order valence-electron chi connectivity index (χ4n) is 3.05. The van der Waals surface area contributed by atoms with Gasteiger partial charge in [-0.05, 0) is 59.1 Å². The third-order valence-electron chi connectivity index (χ3n) is 4.46. The molecule has 3 aromatic rings. The number of nitrogens with zero attached hydrogens (tertiary/aromatic N) is 4. The number of alkyl halides is 1. The first-order valence-electron chi connectivity index (χ1n) is 8.95. The highest BCUT2D eigenvalue weighted by atomic mass is 79.9. The lowest BCUT2D eigenvalue weighted by Gasteiger charge is -2.13. The number of pyridine rings is 1. The largest absolute Gasteiger partial charge is 0.378 e. The van der Waals surface area contributed by atoms with Gasteiger partial charge in [-0.2, -0.15) is 0 Å². The summed E-state index contributed by atoms with van der Waals surface area (Å²) in [5.41, 5.74) is 4.21. The number of aromatic nitrogens is 3. The second-order valence-corrected chi connectivity index (χ2v) is 8.34. The van der Waals surface area contributed by atoms with Crippen molar-refractivity contribution in [3.8, 4) is 11.4 Å². The highest BCUT2D eigenvalue weighted by Crippen LogP contribution is 2.27. The molecule has 0 atom stereocenters.